The van der Waals surface area contributed by atoms with Crippen LogP contribution in [0.25, 0.3) is 0 Å². The lowest BCUT2D eigenvalue weighted by atomic mass is 10.1. The topological polar surface area (TPSA) is 83.7 Å². The summed E-state index contributed by atoms with van der Waals surface area (Å²) in [5.41, 5.74) is 4.02. The quantitative estimate of drug-likeness (QED) is 0.597. The Labute approximate surface area is 178 Å². The number of nitrogens with one attached hydrogen (secondary N) is 2. The summed E-state index contributed by atoms with van der Waals surface area (Å²) in [6.07, 6.45) is 0.845. The summed E-state index contributed by atoms with van der Waals surface area (Å²) in [5.74, 6) is 0.390. The van der Waals surface area contributed by atoms with Crippen LogP contribution in [0.1, 0.15) is 60.1 Å². The molecule has 7 nitrogen and oxygen atoms in total. The van der Waals surface area contributed by atoms with Crippen LogP contribution in [0.3, 0.4) is 0 Å². The maximum atomic E-state index is 13.0. The predicted octanol–water partition coefficient (Wildman–Crippen LogP) is 4.33. The van der Waals surface area contributed by atoms with Crippen molar-refractivity contribution in [3.8, 4) is 5.75 Å². The number of rotatable bonds is 9. The number of aromatic nitrogens is 1. The standard InChI is InChI=1S/C23H33N3O4/c1-7-15(3)24-23(28)26(13-18-9-11-19(29-6)12-10-18)14-20-16(4)21(25-17(20)5)22(27)30-8-2/h9-12,15,25H,7-8,13-14H2,1-6H3,(H,24,28)/t15-/m0/s1. The van der Waals surface area contributed by atoms with Crippen molar-refractivity contribution in [2.75, 3.05) is 13.7 Å². The highest BCUT2D eigenvalue weighted by Crippen LogP contribution is 2.22. The molecule has 1 aromatic heterocycles. The van der Waals surface area contributed by atoms with E-state index in [1.807, 2.05) is 52.0 Å². The second-order valence-electron chi connectivity index (χ2n) is 7.41. The fraction of sp³-hybridized carbons (Fsp3) is 0.478. The number of carbonyl (C=O) groups is 2. The number of aromatic amines is 1. The highest BCUT2D eigenvalue weighted by molar-refractivity contribution is 5.89. The molecule has 1 atom stereocenters. The van der Waals surface area contributed by atoms with Crippen molar-refractivity contribution in [2.45, 2.75) is 60.2 Å². The Morgan fingerprint density at radius 1 is 1.13 bits per heavy atom. The van der Waals surface area contributed by atoms with Gasteiger partial charge in [0.1, 0.15) is 11.4 Å². The number of hydrogen-bond donors (Lipinski definition) is 2. The fourth-order valence-corrected chi connectivity index (χ4v) is 3.18. The lowest BCUT2D eigenvalue weighted by molar-refractivity contribution is 0.0519. The predicted molar refractivity (Wildman–Crippen MR) is 117 cm³/mol. The van der Waals surface area contributed by atoms with Crippen molar-refractivity contribution in [2.24, 2.45) is 0 Å². The minimum absolute atomic E-state index is 0.0689. The van der Waals surface area contributed by atoms with Gasteiger partial charge in [0.05, 0.1) is 13.7 Å². The number of urea groups is 1. The summed E-state index contributed by atoms with van der Waals surface area (Å²) in [4.78, 5) is 30.1. The van der Waals surface area contributed by atoms with Crippen molar-refractivity contribution in [1.82, 2.24) is 15.2 Å². The molecule has 0 unspecified atom stereocenters. The molecule has 164 valence electrons. The number of H-pyrrole nitrogens is 1. The molecule has 2 amide bonds. The molecule has 0 saturated heterocycles. The number of amides is 2. The van der Waals surface area contributed by atoms with Gasteiger partial charge in [-0.05, 0) is 62.9 Å². The van der Waals surface area contributed by atoms with Crippen LogP contribution >= 0.6 is 0 Å². The molecule has 2 N–H and O–H groups in total. The molecule has 2 aromatic rings. The Balaban J connectivity index is 2.30. The minimum Gasteiger partial charge on any atom is -0.497 e. The summed E-state index contributed by atoms with van der Waals surface area (Å²) >= 11 is 0. The highest BCUT2D eigenvalue weighted by atomic mass is 16.5. The zero-order chi connectivity index (χ0) is 22.3. The van der Waals surface area contributed by atoms with Crippen LogP contribution in [-0.4, -0.2) is 41.6 Å². The molecule has 7 heteroatoms. The van der Waals surface area contributed by atoms with Gasteiger partial charge in [0, 0.05) is 24.8 Å². The third-order valence-electron chi connectivity index (χ3n) is 5.22. The first-order chi connectivity index (χ1) is 14.3. The number of hydrogen-bond acceptors (Lipinski definition) is 4. The molecule has 0 fully saturated rings. The van der Waals surface area contributed by atoms with Crippen molar-refractivity contribution >= 4 is 12.0 Å². The normalized spacial score (nSPS) is 11.7. The molecule has 1 heterocycles. The maximum absolute atomic E-state index is 13.0. The zero-order valence-electron chi connectivity index (χ0n) is 18.8. The average Bonchev–Trinajstić information content (AvgIpc) is 3.02. The second-order valence-corrected chi connectivity index (χ2v) is 7.41. The number of methoxy groups -OCH3 is 1. The van der Waals surface area contributed by atoms with Crippen LogP contribution in [0, 0.1) is 13.8 Å². The molecule has 0 bridgehead atoms. The monoisotopic (exact) mass is 415 g/mol. The molecule has 0 aliphatic rings. The van der Waals surface area contributed by atoms with Crippen molar-refractivity contribution < 1.29 is 19.1 Å². The third kappa shape index (κ3) is 5.78. The number of carbonyl (C=O) groups excluding carboxylic acids is 2. The lowest BCUT2D eigenvalue weighted by Crippen LogP contribution is -2.43. The minimum atomic E-state index is -0.380. The van der Waals surface area contributed by atoms with Gasteiger partial charge in [-0.15, -0.1) is 0 Å². The van der Waals surface area contributed by atoms with Crippen LogP contribution in [0.4, 0.5) is 4.79 Å². The molecule has 30 heavy (non-hydrogen) atoms. The maximum Gasteiger partial charge on any atom is 0.355 e. The summed E-state index contributed by atoms with van der Waals surface area (Å²) in [6.45, 7) is 10.7. The molecule has 0 saturated carbocycles. The van der Waals surface area contributed by atoms with Gasteiger partial charge in [-0.2, -0.15) is 0 Å². The van der Waals surface area contributed by atoms with Crippen LogP contribution in [0.2, 0.25) is 0 Å². The van der Waals surface area contributed by atoms with E-state index in [-0.39, 0.29) is 18.0 Å². The van der Waals surface area contributed by atoms with Gasteiger partial charge in [-0.1, -0.05) is 19.1 Å². The number of esters is 1. The zero-order valence-corrected chi connectivity index (χ0v) is 18.8. The Morgan fingerprint density at radius 3 is 2.37 bits per heavy atom. The number of benzene rings is 1. The van der Waals surface area contributed by atoms with Gasteiger partial charge in [-0.3, -0.25) is 0 Å². The molecule has 0 spiro atoms. The average molecular weight is 416 g/mol. The first-order valence-corrected chi connectivity index (χ1v) is 10.3. The number of nitrogens with zero attached hydrogens (tertiary/aromatic N) is 1. The van der Waals surface area contributed by atoms with Gasteiger partial charge in [0.2, 0.25) is 0 Å². The Bertz CT molecular complexity index is 858. The van der Waals surface area contributed by atoms with Gasteiger partial charge in [0.15, 0.2) is 0 Å². The van der Waals surface area contributed by atoms with E-state index in [9.17, 15) is 9.59 Å². The van der Waals surface area contributed by atoms with Gasteiger partial charge in [0.25, 0.3) is 0 Å². The number of ether oxygens (including phenoxy) is 2. The lowest BCUT2D eigenvalue weighted by Gasteiger charge is -2.26. The van der Waals surface area contributed by atoms with Crippen LogP contribution in [-0.2, 0) is 17.8 Å². The molecule has 0 aliphatic heterocycles. The first kappa shape index (κ1) is 23.3. The van der Waals surface area contributed by atoms with Crippen molar-refractivity contribution in [1.29, 1.82) is 0 Å². The van der Waals surface area contributed by atoms with Crippen molar-refractivity contribution in [3.63, 3.8) is 0 Å². The SMILES string of the molecule is CCOC(=O)c1[nH]c(C)c(CN(Cc2ccc(OC)cc2)C(=O)N[C@@H](C)CC)c1C. The van der Waals surface area contributed by atoms with Crippen LogP contribution < -0.4 is 10.1 Å². The molecule has 0 radical (unpaired) electrons. The van der Waals surface area contributed by atoms with Crippen LogP contribution in [0.15, 0.2) is 24.3 Å². The first-order valence-electron chi connectivity index (χ1n) is 10.3. The summed E-state index contributed by atoms with van der Waals surface area (Å²) in [7, 11) is 1.62. The van der Waals surface area contributed by atoms with E-state index in [1.54, 1.807) is 18.9 Å². The largest absolute Gasteiger partial charge is 0.497 e. The number of aryl methyl sites for hydroxylation is 1. The molecule has 2 rings (SSSR count). The van der Waals surface area contributed by atoms with E-state index in [2.05, 4.69) is 10.3 Å². The Kier molecular flexibility index (Phi) is 8.33. The Morgan fingerprint density at radius 2 is 1.80 bits per heavy atom. The van der Waals surface area contributed by atoms with E-state index >= 15 is 0 Å². The summed E-state index contributed by atoms with van der Waals surface area (Å²) in [5, 5.41) is 3.04. The molecular weight excluding hydrogens is 382 g/mol. The van der Waals surface area contributed by atoms with E-state index in [0.29, 0.717) is 25.4 Å². The van der Waals surface area contributed by atoms with E-state index in [4.69, 9.17) is 9.47 Å². The summed E-state index contributed by atoms with van der Waals surface area (Å²) in [6, 6.07) is 7.58. The Hall–Kier alpha value is -2.96. The van der Waals surface area contributed by atoms with Gasteiger partial charge >= 0.3 is 12.0 Å². The van der Waals surface area contributed by atoms with Crippen molar-refractivity contribution in [3.05, 3.63) is 52.3 Å². The van der Waals surface area contributed by atoms with E-state index in [0.717, 1.165) is 34.6 Å². The molecular formula is C23H33N3O4. The molecule has 1 aromatic carbocycles. The fourth-order valence-electron chi connectivity index (χ4n) is 3.18. The van der Waals surface area contributed by atoms with Gasteiger partial charge in [-0.25, -0.2) is 9.59 Å². The highest BCUT2D eigenvalue weighted by Gasteiger charge is 2.23. The second kappa shape index (κ2) is 10.7. The smallest absolute Gasteiger partial charge is 0.355 e. The van der Waals surface area contributed by atoms with Gasteiger partial charge < -0.3 is 24.7 Å². The third-order valence-corrected chi connectivity index (χ3v) is 5.22. The van der Waals surface area contributed by atoms with E-state index in [1.165, 1.54) is 0 Å². The van der Waals surface area contributed by atoms with Crippen LogP contribution in [0.5, 0.6) is 5.75 Å². The van der Waals surface area contributed by atoms with E-state index < -0.39 is 0 Å². The molecule has 0 aliphatic carbocycles. The summed E-state index contributed by atoms with van der Waals surface area (Å²) < 4.78 is 10.4.